The molecule has 0 aliphatic heterocycles. The third-order valence-corrected chi connectivity index (χ3v) is 1.50. The highest BCUT2D eigenvalue weighted by molar-refractivity contribution is 14.1. The molecule has 2 heteroatoms. The molecule has 46 valence electrons. The van der Waals surface area contributed by atoms with E-state index in [0.29, 0.717) is 0 Å². The van der Waals surface area contributed by atoms with E-state index in [9.17, 15) is 0 Å². The molecule has 0 spiro atoms. The number of hydrogen-bond donors (Lipinski definition) is 1. The fourth-order valence-electron chi connectivity index (χ4n) is 0.344. The zero-order valence-electron chi connectivity index (χ0n) is 4.91. The number of unbranched alkanes of at least 4 members (excludes halogenated alkanes) is 2. The Morgan fingerprint density at radius 2 is 1.86 bits per heavy atom. The molecule has 0 aromatic carbocycles. The van der Waals surface area contributed by atoms with Crippen LogP contribution in [-0.4, -0.2) is 4.43 Å². The zero-order valence-corrected chi connectivity index (χ0v) is 7.07. The summed E-state index contributed by atoms with van der Waals surface area (Å²) in [5.74, 6) is 0. The van der Waals surface area contributed by atoms with Gasteiger partial charge in [-0.2, -0.15) is 0 Å². The van der Waals surface area contributed by atoms with E-state index in [2.05, 4.69) is 29.5 Å². The summed E-state index contributed by atoms with van der Waals surface area (Å²) in [6, 6.07) is 0. The first-order valence-corrected chi connectivity index (χ1v) is 4.00. The fourth-order valence-corrected chi connectivity index (χ4v) is 0.884. The molecule has 0 saturated heterocycles. The third-order valence-electron chi connectivity index (χ3n) is 0.737. The summed E-state index contributed by atoms with van der Waals surface area (Å²) in [4.78, 5) is 0. The summed E-state index contributed by atoms with van der Waals surface area (Å²) < 4.78 is 1.32. The van der Waals surface area contributed by atoms with Gasteiger partial charge in [0.2, 0.25) is 0 Å². The largest absolute Gasteiger partial charge is 0.344 e. The number of halogens is 1. The van der Waals surface area contributed by atoms with Crippen LogP contribution in [0.5, 0.6) is 0 Å². The first-order valence-electron chi connectivity index (χ1n) is 2.47. The molecule has 7 heavy (non-hydrogen) atoms. The lowest BCUT2D eigenvalue weighted by atomic mass is 10.3. The first kappa shape index (κ1) is 10.6. The lowest BCUT2D eigenvalue weighted by Crippen LogP contribution is -1.70. The Hall–Kier alpha value is 0.690. The highest BCUT2D eigenvalue weighted by Crippen LogP contribution is 1.96. The summed E-state index contributed by atoms with van der Waals surface area (Å²) in [6.45, 7) is 2.23. The van der Waals surface area contributed by atoms with Crippen molar-refractivity contribution in [3.05, 3.63) is 0 Å². The van der Waals surface area contributed by atoms with Crippen LogP contribution in [0.1, 0.15) is 26.2 Å². The van der Waals surface area contributed by atoms with Crippen molar-refractivity contribution in [3.8, 4) is 0 Å². The van der Waals surface area contributed by atoms with Gasteiger partial charge >= 0.3 is 0 Å². The van der Waals surface area contributed by atoms with Crippen LogP contribution in [0.4, 0.5) is 0 Å². The molecule has 0 aliphatic carbocycles. The van der Waals surface area contributed by atoms with Crippen LogP contribution < -0.4 is 6.15 Å². The standard InChI is InChI=1S/C5H11I.H3N/c1-2-3-4-5-6;/h2-5H2,1H3;1H3. The lowest BCUT2D eigenvalue weighted by molar-refractivity contribution is 0.785. The van der Waals surface area contributed by atoms with Gasteiger partial charge < -0.3 is 6.15 Å². The first-order chi connectivity index (χ1) is 2.91. The van der Waals surface area contributed by atoms with Crippen LogP contribution in [-0.2, 0) is 0 Å². The molecule has 0 unspecified atom stereocenters. The van der Waals surface area contributed by atoms with Gasteiger partial charge in [0.25, 0.3) is 0 Å². The Morgan fingerprint density at radius 3 is 2.00 bits per heavy atom. The molecule has 0 amide bonds. The molecular weight excluding hydrogens is 201 g/mol. The Bertz CT molecular complexity index is 20.0. The molecule has 0 fully saturated rings. The van der Waals surface area contributed by atoms with E-state index in [4.69, 9.17) is 0 Å². The number of hydrogen-bond acceptors (Lipinski definition) is 1. The molecule has 0 heterocycles. The van der Waals surface area contributed by atoms with Crippen molar-refractivity contribution in [3.63, 3.8) is 0 Å². The minimum atomic E-state index is 0. The van der Waals surface area contributed by atoms with Gasteiger partial charge in [-0.25, -0.2) is 0 Å². The van der Waals surface area contributed by atoms with Crippen LogP contribution in [0, 0.1) is 0 Å². The number of rotatable bonds is 3. The second-order valence-electron chi connectivity index (χ2n) is 1.40. The average Bonchev–Trinajstić information content (AvgIpc) is 1.61. The van der Waals surface area contributed by atoms with E-state index in [-0.39, 0.29) is 6.15 Å². The van der Waals surface area contributed by atoms with Crippen molar-refractivity contribution in [2.75, 3.05) is 4.43 Å². The minimum Gasteiger partial charge on any atom is -0.344 e. The Morgan fingerprint density at radius 1 is 1.29 bits per heavy atom. The molecule has 1 nitrogen and oxygen atoms in total. The van der Waals surface area contributed by atoms with Gasteiger partial charge in [-0.3, -0.25) is 0 Å². The monoisotopic (exact) mass is 215 g/mol. The highest BCUT2D eigenvalue weighted by Gasteiger charge is 1.76. The molecule has 0 atom stereocenters. The Labute approximate surface area is 59.6 Å². The molecule has 0 aromatic heterocycles. The van der Waals surface area contributed by atoms with E-state index in [0.717, 1.165) is 0 Å². The molecule has 0 saturated carbocycles. The topological polar surface area (TPSA) is 35.0 Å². The van der Waals surface area contributed by atoms with E-state index in [1.165, 1.54) is 23.7 Å². The van der Waals surface area contributed by atoms with Crippen LogP contribution in [0.25, 0.3) is 0 Å². The van der Waals surface area contributed by atoms with E-state index >= 15 is 0 Å². The van der Waals surface area contributed by atoms with Gasteiger partial charge in [0.1, 0.15) is 0 Å². The average molecular weight is 215 g/mol. The second kappa shape index (κ2) is 9.85. The molecule has 3 N–H and O–H groups in total. The van der Waals surface area contributed by atoms with Crippen molar-refractivity contribution < 1.29 is 0 Å². The van der Waals surface area contributed by atoms with Crippen molar-refractivity contribution in [2.45, 2.75) is 26.2 Å². The lowest BCUT2D eigenvalue weighted by Gasteiger charge is -1.85. The van der Waals surface area contributed by atoms with Gasteiger partial charge in [0.05, 0.1) is 0 Å². The normalized spacial score (nSPS) is 7.71. The van der Waals surface area contributed by atoms with Gasteiger partial charge in [-0.05, 0) is 10.8 Å². The SMILES string of the molecule is CCCCCI.N. The van der Waals surface area contributed by atoms with Crippen molar-refractivity contribution in [1.29, 1.82) is 0 Å². The summed E-state index contributed by atoms with van der Waals surface area (Å²) in [5, 5.41) is 0. The van der Waals surface area contributed by atoms with E-state index < -0.39 is 0 Å². The van der Waals surface area contributed by atoms with Crippen molar-refractivity contribution in [2.24, 2.45) is 0 Å². The van der Waals surface area contributed by atoms with Gasteiger partial charge in [-0.15, -0.1) is 0 Å². The summed E-state index contributed by atoms with van der Waals surface area (Å²) in [7, 11) is 0. The second-order valence-corrected chi connectivity index (χ2v) is 2.47. The third kappa shape index (κ3) is 10.8. The van der Waals surface area contributed by atoms with Crippen LogP contribution in [0.15, 0.2) is 0 Å². The molecule has 0 aliphatic rings. The van der Waals surface area contributed by atoms with Crippen LogP contribution in [0.3, 0.4) is 0 Å². The van der Waals surface area contributed by atoms with Gasteiger partial charge in [-0.1, -0.05) is 42.4 Å². The van der Waals surface area contributed by atoms with Crippen LogP contribution >= 0.6 is 22.6 Å². The maximum atomic E-state index is 2.41. The molecule has 0 radical (unpaired) electrons. The van der Waals surface area contributed by atoms with Crippen molar-refractivity contribution >= 4 is 22.6 Å². The van der Waals surface area contributed by atoms with Crippen LogP contribution in [0.2, 0.25) is 0 Å². The predicted molar refractivity (Wildman–Crippen MR) is 43.4 cm³/mol. The Kier molecular flexibility index (Phi) is 15.0. The number of alkyl halides is 1. The summed E-state index contributed by atoms with van der Waals surface area (Å²) in [6.07, 6.45) is 4.16. The molecular formula is C5H14IN. The molecule has 0 aromatic rings. The summed E-state index contributed by atoms with van der Waals surface area (Å²) >= 11 is 2.41. The van der Waals surface area contributed by atoms with E-state index in [1.807, 2.05) is 0 Å². The zero-order chi connectivity index (χ0) is 4.83. The minimum absolute atomic E-state index is 0. The smallest absolute Gasteiger partial charge is 0.000473 e. The Balaban J connectivity index is 0. The van der Waals surface area contributed by atoms with Gasteiger partial charge in [0, 0.05) is 0 Å². The maximum absolute atomic E-state index is 2.41. The predicted octanol–water partition coefficient (Wildman–Crippen LogP) is 2.77. The summed E-state index contributed by atoms with van der Waals surface area (Å²) in [5.41, 5.74) is 0. The molecule has 0 rings (SSSR count). The highest BCUT2D eigenvalue weighted by atomic mass is 127. The van der Waals surface area contributed by atoms with Crippen molar-refractivity contribution in [1.82, 2.24) is 6.15 Å². The van der Waals surface area contributed by atoms with E-state index in [1.54, 1.807) is 0 Å². The molecule has 0 bridgehead atoms. The quantitative estimate of drug-likeness (QED) is 0.438. The fraction of sp³-hybridized carbons (Fsp3) is 1.00. The van der Waals surface area contributed by atoms with Gasteiger partial charge in [0.15, 0.2) is 0 Å². The maximum Gasteiger partial charge on any atom is -0.000473 e.